The molecule has 1 unspecified atom stereocenters. The predicted molar refractivity (Wildman–Crippen MR) is 118 cm³/mol. The number of piperidine rings is 1. The Morgan fingerprint density at radius 2 is 1.90 bits per heavy atom. The van der Waals surface area contributed by atoms with E-state index in [0.717, 1.165) is 30.5 Å². The second-order valence-electron chi connectivity index (χ2n) is 7.58. The van der Waals surface area contributed by atoms with Gasteiger partial charge in [-0.15, -0.1) is 0 Å². The minimum atomic E-state index is -0.121. The van der Waals surface area contributed by atoms with Gasteiger partial charge in [0, 0.05) is 37.3 Å². The van der Waals surface area contributed by atoms with Crippen LogP contribution in [0.3, 0.4) is 0 Å². The molecule has 31 heavy (non-hydrogen) atoms. The number of amides is 2. The van der Waals surface area contributed by atoms with E-state index in [0.29, 0.717) is 23.9 Å². The molecule has 0 spiro atoms. The van der Waals surface area contributed by atoms with Gasteiger partial charge in [-0.05, 0) is 48.7 Å². The van der Waals surface area contributed by atoms with E-state index < -0.39 is 0 Å². The Morgan fingerprint density at radius 1 is 1.13 bits per heavy atom. The Kier molecular flexibility index (Phi) is 6.21. The standard InChI is InChI=1S/C24H24N4O3/c1-17(29)25-21-12-10-19(11-13-21)23-26-24(31-27-23)20-8-5-15-28(16-20)22(30)14-9-18-6-3-2-4-7-18/h2-4,6-7,9-14,20H,5,8,15-16H2,1H3,(H,25,29). The Balaban J connectivity index is 1.41. The number of likely N-dealkylation sites (tertiary alicyclic amines) is 1. The number of aromatic nitrogens is 2. The van der Waals surface area contributed by atoms with E-state index in [4.69, 9.17) is 4.52 Å². The maximum Gasteiger partial charge on any atom is 0.246 e. The van der Waals surface area contributed by atoms with E-state index in [1.165, 1.54) is 6.92 Å². The fourth-order valence-electron chi connectivity index (χ4n) is 3.64. The van der Waals surface area contributed by atoms with Crippen LogP contribution in [0.15, 0.2) is 65.2 Å². The second kappa shape index (κ2) is 9.38. The predicted octanol–water partition coefficient (Wildman–Crippen LogP) is 4.11. The molecule has 1 fully saturated rings. The Labute approximate surface area is 180 Å². The van der Waals surface area contributed by atoms with Crippen LogP contribution in [0.5, 0.6) is 0 Å². The van der Waals surface area contributed by atoms with Gasteiger partial charge in [-0.2, -0.15) is 4.98 Å². The lowest BCUT2D eigenvalue weighted by Crippen LogP contribution is -2.38. The summed E-state index contributed by atoms with van der Waals surface area (Å²) in [6.07, 6.45) is 5.24. The Hall–Kier alpha value is -3.74. The van der Waals surface area contributed by atoms with Gasteiger partial charge in [-0.1, -0.05) is 35.5 Å². The highest BCUT2D eigenvalue weighted by molar-refractivity contribution is 5.92. The molecular formula is C24H24N4O3. The number of hydrogen-bond acceptors (Lipinski definition) is 5. The molecule has 0 aliphatic carbocycles. The van der Waals surface area contributed by atoms with Crippen molar-refractivity contribution in [1.82, 2.24) is 15.0 Å². The zero-order valence-corrected chi connectivity index (χ0v) is 17.3. The number of nitrogens with one attached hydrogen (secondary N) is 1. The summed E-state index contributed by atoms with van der Waals surface area (Å²) in [5.74, 6) is 0.927. The lowest BCUT2D eigenvalue weighted by Gasteiger charge is -2.30. The first-order valence-electron chi connectivity index (χ1n) is 10.3. The first kappa shape index (κ1) is 20.5. The minimum absolute atomic E-state index is 0.0122. The quantitative estimate of drug-likeness (QED) is 0.632. The van der Waals surface area contributed by atoms with Crippen LogP contribution in [-0.4, -0.2) is 39.9 Å². The molecule has 7 nitrogen and oxygen atoms in total. The smallest absolute Gasteiger partial charge is 0.246 e. The third-order valence-electron chi connectivity index (χ3n) is 5.21. The fraction of sp³-hybridized carbons (Fsp3) is 0.250. The third-order valence-corrected chi connectivity index (χ3v) is 5.21. The van der Waals surface area contributed by atoms with Crippen molar-refractivity contribution < 1.29 is 14.1 Å². The summed E-state index contributed by atoms with van der Waals surface area (Å²) in [5.41, 5.74) is 2.51. The van der Waals surface area contributed by atoms with E-state index in [9.17, 15) is 9.59 Å². The Bertz CT molecular complexity index is 1070. The lowest BCUT2D eigenvalue weighted by atomic mass is 9.98. The molecule has 0 radical (unpaired) electrons. The maximum absolute atomic E-state index is 12.6. The molecule has 1 aromatic heterocycles. The molecule has 1 atom stereocenters. The SMILES string of the molecule is CC(=O)Nc1ccc(-c2noc(C3CCCN(C(=O)C=Cc4ccccc4)C3)n2)cc1. The largest absolute Gasteiger partial charge is 0.339 e. The molecule has 7 heteroatoms. The van der Waals surface area contributed by atoms with Gasteiger partial charge in [0.2, 0.25) is 23.5 Å². The molecule has 4 rings (SSSR count). The molecule has 2 amide bonds. The van der Waals surface area contributed by atoms with E-state index in [1.807, 2.05) is 53.4 Å². The summed E-state index contributed by atoms with van der Waals surface area (Å²) in [5, 5.41) is 6.84. The molecule has 1 saturated heterocycles. The van der Waals surface area contributed by atoms with Gasteiger partial charge < -0.3 is 14.7 Å². The third kappa shape index (κ3) is 5.25. The van der Waals surface area contributed by atoms with Gasteiger partial charge in [-0.3, -0.25) is 9.59 Å². The Morgan fingerprint density at radius 3 is 2.65 bits per heavy atom. The summed E-state index contributed by atoms with van der Waals surface area (Å²) in [4.78, 5) is 30.2. The first-order valence-corrected chi connectivity index (χ1v) is 10.3. The maximum atomic E-state index is 12.6. The van der Waals surface area contributed by atoms with E-state index in [2.05, 4.69) is 15.5 Å². The number of hydrogen-bond donors (Lipinski definition) is 1. The lowest BCUT2D eigenvalue weighted by molar-refractivity contribution is -0.127. The van der Waals surface area contributed by atoms with Crippen LogP contribution in [0, 0.1) is 0 Å². The normalized spacial score (nSPS) is 16.4. The monoisotopic (exact) mass is 416 g/mol. The number of rotatable bonds is 5. The highest BCUT2D eigenvalue weighted by atomic mass is 16.5. The van der Waals surface area contributed by atoms with Crippen LogP contribution < -0.4 is 5.32 Å². The van der Waals surface area contributed by atoms with Crippen LogP contribution in [-0.2, 0) is 9.59 Å². The second-order valence-corrected chi connectivity index (χ2v) is 7.58. The van der Waals surface area contributed by atoms with Crippen molar-refractivity contribution in [3.8, 4) is 11.4 Å². The summed E-state index contributed by atoms with van der Waals surface area (Å²) >= 11 is 0. The van der Waals surface area contributed by atoms with Crippen molar-refractivity contribution in [3.63, 3.8) is 0 Å². The molecule has 3 aromatic rings. The number of carbonyl (C=O) groups excluding carboxylic acids is 2. The molecule has 0 saturated carbocycles. The summed E-state index contributed by atoms with van der Waals surface area (Å²) in [7, 11) is 0. The summed E-state index contributed by atoms with van der Waals surface area (Å²) in [6, 6.07) is 17.0. The van der Waals surface area contributed by atoms with Gasteiger partial charge in [0.05, 0.1) is 5.92 Å². The molecule has 158 valence electrons. The van der Waals surface area contributed by atoms with Crippen molar-refractivity contribution in [2.75, 3.05) is 18.4 Å². The molecule has 1 N–H and O–H groups in total. The van der Waals surface area contributed by atoms with E-state index >= 15 is 0 Å². The highest BCUT2D eigenvalue weighted by Crippen LogP contribution is 2.28. The van der Waals surface area contributed by atoms with Crippen molar-refractivity contribution in [2.24, 2.45) is 0 Å². The van der Waals surface area contributed by atoms with Crippen LogP contribution >= 0.6 is 0 Å². The van der Waals surface area contributed by atoms with Gasteiger partial charge in [0.1, 0.15) is 0 Å². The molecule has 2 aromatic carbocycles. The van der Waals surface area contributed by atoms with Gasteiger partial charge >= 0.3 is 0 Å². The van der Waals surface area contributed by atoms with Crippen LogP contribution in [0.2, 0.25) is 0 Å². The topological polar surface area (TPSA) is 88.3 Å². The zero-order valence-electron chi connectivity index (χ0n) is 17.3. The fourth-order valence-corrected chi connectivity index (χ4v) is 3.64. The zero-order chi connectivity index (χ0) is 21.6. The van der Waals surface area contributed by atoms with Crippen molar-refractivity contribution in [2.45, 2.75) is 25.7 Å². The van der Waals surface area contributed by atoms with Gasteiger partial charge in [-0.25, -0.2) is 0 Å². The molecule has 0 bridgehead atoms. The molecule has 2 heterocycles. The number of nitrogens with zero attached hydrogens (tertiary/aromatic N) is 3. The van der Waals surface area contributed by atoms with Crippen molar-refractivity contribution in [3.05, 3.63) is 72.1 Å². The number of carbonyl (C=O) groups is 2. The van der Waals surface area contributed by atoms with Crippen molar-refractivity contribution >= 4 is 23.6 Å². The molecule has 1 aliphatic heterocycles. The van der Waals surface area contributed by atoms with Gasteiger partial charge in [0.25, 0.3) is 0 Å². The first-order chi connectivity index (χ1) is 15.1. The summed E-state index contributed by atoms with van der Waals surface area (Å²) in [6.45, 7) is 2.75. The van der Waals surface area contributed by atoms with Gasteiger partial charge in [0.15, 0.2) is 0 Å². The average molecular weight is 416 g/mol. The van der Waals surface area contributed by atoms with Crippen LogP contribution in [0.25, 0.3) is 17.5 Å². The van der Waals surface area contributed by atoms with Crippen LogP contribution in [0.4, 0.5) is 5.69 Å². The minimum Gasteiger partial charge on any atom is -0.339 e. The van der Waals surface area contributed by atoms with Crippen molar-refractivity contribution in [1.29, 1.82) is 0 Å². The molecular weight excluding hydrogens is 392 g/mol. The van der Waals surface area contributed by atoms with E-state index in [-0.39, 0.29) is 17.7 Å². The average Bonchev–Trinajstić information content (AvgIpc) is 3.29. The highest BCUT2D eigenvalue weighted by Gasteiger charge is 2.28. The molecule has 1 aliphatic rings. The number of anilines is 1. The summed E-state index contributed by atoms with van der Waals surface area (Å²) < 4.78 is 5.52. The van der Waals surface area contributed by atoms with E-state index in [1.54, 1.807) is 18.2 Å². The number of benzene rings is 2. The van der Waals surface area contributed by atoms with Crippen LogP contribution in [0.1, 0.15) is 37.1 Å².